The van der Waals surface area contributed by atoms with Crippen LogP contribution in [0.4, 0.5) is 0 Å². The van der Waals surface area contributed by atoms with E-state index in [0.717, 1.165) is 0 Å². The molecular weight excluding hydrogens is 574 g/mol. The Morgan fingerprint density at radius 3 is 0.917 bits per heavy atom. The molecule has 0 bridgehead atoms. The summed E-state index contributed by atoms with van der Waals surface area (Å²) in [5, 5.41) is 0. The van der Waals surface area contributed by atoms with Gasteiger partial charge >= 0.3 is 0 Å². The minimum Gasteiger partial charge on any atom is -1.00 e. The lowest BCUT2D eigenvalue weighted by Gasteiger charge is -2.34. The van der Waals surface area contributed by atoms with Crippen molar-refractivity contribution in [3.63, 3.8) is 0 Å². The number of nitrogens with zero attached hydrogens (tertiary/aromatic N) is 3. The van der Waals surface area contributed by atoms with Crippen LogP contribution in [0.15, 0.2) is 0 Å². The third kappa shape index (κ3) is 29.4. The maximum atomic E-state index is 2.58. The highest BCUT2D eigenvalue weighted by Gasteiger charge is 2.18. The fourth-order valence-electron chi connectivity index (χ4n) is 4.92. The smallest absolute Gasteiger partial charge is 0.0911 e. The normalized spacial score (nSPS) is 12.0. The molecule has 0 spiro atoms. The van der Waals surface area contributed by atoms with Crippen molar-refractivity contribution < 1.29 is 42.9 Å². The van der Waals surface area contributed by atoms with Gasteiger partial charge in [0.1, 0.15) is 0 Å². The van der Waals surface area contributed by atoms with Crippen LogP contribution in [0.25, 0.3) is 0 Å². The average molecular weight is 644 g/mol. The minimum atomic E-state index is 0. The van der Waals surface area contributed by atoms with Crippen molar-refractivity contribution in [2.45, 2.75) is 129 Å². The first-order chi connectivity index (χ1) is 16.2. The zero-order valence-electron chi connectivity index (χ0n) is 26.1. The van der Waals surface area contributed by atoms with Crippen LogP contribution in [0.2, 0.25) is 0 Å². The van der Waals surface area contributed by atoms with Gasteiger partial charge in [0.2, 0.25) is 0 Å². The summed E-state index contributed by atoms with van der Waals surface area (Å²) in [4.78, 5) is 2.58. The van der Waals surface area contributed by atoms with Crippen LogP contribution in [-0.4, -0.2) is 88.4 Å². The van der Waals surface area contributed by atoms with Crippen LogP contribution in [0.3, 0.4) is 0 Å². The molecule has 0 aromatic rings. The molecule has 3 nitrogen and oxygen atoms in total. The van der Waals surface area contributed by atoms with E-state index in [2.05, 4.69) is 54.0 Å². The average Bonchev–Trinajstić information content (AvgIpc) is 2.79. The van der Waals surface area contributed by atoms with E-state index in [0.29, 0.717) is 0 Å². The van der Waals surface area contributed by atoms with E-state index in [1.54, 1.807) is 0 Å². The summed E-state index contributed by atoms with van der Waals surface area (Å²) in [7, 11) is 12.1. The molecule has 0 saturated heterocycles. The molecule has 0 N–H and O–H groups in total. The molecule has 0 rings (SSSR count). The third-order valence-electron chi connectivity index (χ3n) is 7.91. The first-order valence-electron chi connectivity index (χ1n) is 15.5. The first kappa shape index (κ1) is 41.3. The highest BCUT2D eigenvalue weighted by atomic mass is 79.9. The van der Waals surface area contributed by atoms with E-state index >= 15 is 0 Å². The number of rotatable bonds is 26. The summed E-state index contributed by atoms with van der Waals surface area (Å²) in [6, 6.07) is 0. The molecule has 0 unspecified atom stereocenters. The molecule has 0 heterocycles. The number of hydrogen-bond donors (Lipinski definition) is 0. The maximum Gasteiger partial charge on any atom is 0.0911 e. The Bertz CT molecular complexity index is 392. The molecule has 0 saturated carbocycles. The molecule has 5 heteroatoms. The molecule has 0 aliphatic carbocycles. The SMILES string of the molecule is CCCCCCCCCCC[N+](C)(C)CCN(C)CC[N+](C)(C)CCCCCCCCCCC.[Br-].[Br-]. The number of quaternary nitrogens is 2. The second kappa shape index (κ2) is 27.4. The monoisotopic (exact) mass is 641 g/mol. The van der Waals surface area contributed by atoms with Crippen molar-refractivity contribution in [2.75, 3.05) is 74.5 Å². The summed E-state index contributed by atoms with van der Waals surface area (Å²) >= 11 is 0. The van der Waals surface area contributed by atoms with Crippen molar-refractivity contribution in [3.05, 3.63) is 0 Å². The molecule has 0 aliphatic heterocycles. The Kier molecular flexibility index (Phi) is 31.5. The molecule has 222 valence electrons. The highest BCUT2D eigenvalue weighted by Crippen LogP contribution is 2.12. The fourth-order valence-corrected chi connectivity index (χ4v) is 4.92. The number of unbranched alkanes of at least 4 members (excludes halogenated alkanes) is 16. The van der Waals surface area contributed by atoms with Gasteiger partial charge in [-0.3, -0.25) is 4.90 Å². The standard InChI is InChI=1S/C31H69N3.2BrH/c1-8-10-12-14-16-18-20-22-24-28-33(4,5)30-26-32(3)27-31-34(6,7)29-25-23-21-19-17-15-13-11-9-2;;/h8-31H2,1-7H3;2*1H/q+2;;/p-2. The Hall–Kier alpha value is 0.840. The van der Waals surface area contributed by atoms with Gasteiger partial charge in [-0.1, -0.05) is 104 Å². The van der Waals surface area contributed by atoms with Gasteiger partial charge in [-0.25, -0.2) is 0 Å². The quantitative estimate of drug-likeness (QED) is 0.103. The van der Waals surface area contributed by atoms with Gasteiger partial charge in [-0.05, 0) is 32.7 Å². The molecule has 0 aromatic heterocycles. The molecule has 0 amide bonds. The minimum absolute atomic E-state index is 0. The molecule has 36 heavy (non-hydrogen) atoms. The Morgan fingerprint density at radius 2 is 0.639 bits per heavy atom. The Morgan fingerprint density at radius 1 is 0.389 bits per heavy atom. The number of hydrogen-bond acceptors (Lipinski definition) is 1. The van der Waals surface area contributed by atoms with Crippen molar-refractivity contribution in [1.82, 2.24) is 4.90 Å². The molecule has 0 radical (unpaired) electrons. The van der Waals surface area contributed by atoms with E-state index < -0.39 is 0 Å². The van der Waals surface area contributed by atoms with Gasteiger partial charge in [0, 0.05) is 13.1 Å². The molecule has 0 fully saturated rings. The van der Waals surface area contributed by atoms with Crippen LogP contribution in [0.5, 0.6) is 0 Å². The van der Waals surface area contributed by atoms with Crippen LogP contribution < -0.4 is 34.0 Å². The van der Waals surface area contributed by atoms with E-state index in [1.165, 1.54) is 164 Å². The van der Waals surface area contributed by atoms with Crippen LogP contribution in [-0.2, 0) is 0 Å². The van der Waals surface area contributed by atoms with E-state index in [4.69, 9.17) is 0 Å². The van der Waals surface area contributed by atoms with Gasteiger partial charge in [0.25, 0.3) is 0 Å². The summed E-state index contributed by atoms with van der Waals surface area (Å²) in [5.41, 5.74) is 0. The summed E-state index contributed by atoms with van der Waals surface area (Å²) in [5.74, 6) is 0. The fraction of sp³-hybridized carbons (Fsp3) is 1.00. The third-order valence-corrected chi connectivity index (χ3v) is 7.91. The van der Waals surface area contributed by atoms with Crippen molar-refractivity contribution in [3.8, 4) is 0 Å². The van der Waals surface area contributed by atoms with E-state index in [9.17, 15) is 0 Å². The van der Waals surface area contributed by atoms with E-state index in [1.807, 2.05) is 0 Å². The highest BCUT2D eigenvalue weighted by molar-refractivity contribution is 4.53. The number of likely N-dealkylation sites (N-methyl/N-ethyl adjacent to an activating group) is 3. The van der Waals surface area contributed by atoms with Gasteiger partial charge in [0.05, 0.1) is 54.4 Å². The molecule has 0 aliphatic rings. The second-order valence-electron chi connectivity index (χ2n) is 12.7. The van der Waals surface area contributed by atoms with Gasteiger partial charge in [-0.15, -0.1) is 0 Å². The Balaban J connectivity index is -0.00000544. The molecular formula is C31H69Br2N3. The predicted molar refractivity (Wildman–Crippen MR) is 156 cm³/mol. The van der Waals surface area contributed by atoms with Crippen molar-refractivity contribution >= 4 is 0 Å². The zero-order chi connectivity index (χ0) is 25.5. The van der Waals surface area contributed by atoms with Crippen LogP contribution >= 0.6 is 0 Å². The topological polar surface area (TPSA) is 3.24 Å². The maximum absolute atomic E-state index is 2.58. The van der Waals surface area contributed by atoms with Gasteiger partial charge < -0.3 is 42.9 Å². The first-order valence-corrected chi connectivity index (χ1v) is 15.5. The summed E-state index contributed by atoms with van der Waals surface area (Å²) in [6.07, 6.45) is 25.7. The predicted octanol–water partition coefficient (Wildman–Crippen LogP) is 2.14. The lowest BCUT2D eigenvalue weighted by atomic mass is 10.1. The second-order valence-corrected chi connectivity index (χ2v) is 12.7. The summed E-state index contributed by atoms with van der Waals surface area (Å²) in [6.45, 7) is 12.3. The molecule has 0 atom stereocenters. The summed E-state index contributed by atoms with van der Waals surface area (Å²) < 4.78 is 2.36. The van der Waals surface area contributed by atoms with E-state index in [-0.39, 0.29) is 34.0 Å². The largest absolute Gasteiger partial charge is 1.00 e. The van der Waals surface area contributed by atoms with Gasteiger partial charge in [-0.2, -0.15) is 0 Å². The lowest BCUT2D eigenvalue weighted by Crippen LogP contribution is -3.00. The van der Waals surface area contributed by atoms with Crippen molar-refractivity contribution in [1.29, 1.82) is 0 Å². The number of halogens is 2. The van der Waals surface area contributed by atoms with Crippen molar-refractivity contribution in [2.24, 2.45) is 0 Å². The lowest BCUT2D eigenvalue weighted by molar-refractivity contribution is -0.892. The van der Waals surface area contributed by atoms with Crippen LogP contribution in [0.1, 0.15) is 129 Å². The molecule has 0 aromatic carbocycles. The zero-order valence-corrected chi connectivity index (χ0v) is 29.2. The van der Waals surface area contributed by atoms with Crippen LogP contribution in [0, 0.1) is 0 Å². The Labute approximate surface area is 250 Å². The van der Waals surface area contributed by atoms with Gasteiger partial charge in [0.15, 0.2) is 0 Å².